The summed E-state index contributed by atoms with van der Waals surface area (Å²) in [6.45, 7) is 0.538. The maximum absolute atomic E-state index is 12.9. The predicted molar refractivity (Wildman–Crippen MR) is 106 cm³/mol. The number of ether oxygens (including phenoxy) is 3. The van der Waals surface area contributed by atoms with Crippen LogP contribution in [-0.4, -0.2) is 66.0 Å². The molecule has 0 radical (unpaired) electrons. The molecule has 6 atom stereocenters. The van der Waals surface area contributed by atoms with Gasteiger partial charge in [0.15, 0.2) is 0 Å². The number of benzene rings is 1. The lowest BCUT2D eigenvalue weighted by Crippen LogP contribution is -2.22. The second kappa shape index (κ2) is 10.9. The fourth-order valence-corrected chi connectivity index (χ4v) is 4.18. The van der Waals surface area contributed by atoms with E-state index in [4.69, 9.17) is 19.3 Å². The quantitative estimate of drug-likeness (QED) is 0.521. The third-order valence-corrected chi connectivity index (χ3v) is 5.71. The van der Waals surface area contributed by atoms with Crippen molar-refractivity contribution in [1.82, 2.24) is 0 Å². The van der Waals surface area contributed by atoms with Crippen LogP contribution in [0.4, 0.5) is 4.39 Å². The number of aliphatic carboxylic acids is 1. The highest BCUT2D eigenvalue weighted by Crippen LogP contribution is 2.41. The Kier molecular flexibility index (Phi) is 8.21. The minimum absolute atomic E-state index is 0.0263. The van der Waals surface area contributed by atoms with Crippen LogP contribution in [0.5, 0.6) is 5.75 Å². The van der Waals surface area contributed by atoms with Crippen LogP contribution in [0.25, 0.3) is 0 Å². The lowest BCUT2D eigenvalue weighted by molar-refractivity contribution is -0.143. The Balaban J connectivity index is 1.48. The zero-order valence-electron chi connectivity index (χ0n) is 16.7. The van der Waals surface area contributed by atoms with Gasteiger partial charge in [-0.15, -0.1) is 0 Å². The van der Waals surface area contributed by atoms with Crippen molar-refractivity contribution in [3.63, 3.8) is 0 Å². The van der Waals surface area contributed by atoms with Crippen molar-refractivity contribution in [2.75, 3.05) is 26.4 Å². The van der Waals surface area contributed by atoms with Gasteiger partial charge in [0.2, 0.25) is 0 Å². The molecule has 0 unspecified atom stereocenters. The number of hydrogen-bond donors (Lipinski definition) is 3. The predicted octanol–water partition coefficient (Wildman–Crippen LogP) is 2.02. The molecule has 1 saturated carbocycles. The molecule has 2 aliphatic rings. The van der Waals surface area contributed by atoms with Gasteiger partial charge >= 0.3 is 5.97 Å². The van der Waals surface area contributed by atoms with Gasteiger partial charge in [0.1, 0.15) is 30.9 Å². The van der Waals surface area contributed by atoms with E-state index in [1.165, 1.54) is 24.3 Å². The summed E-state index contributed by atoms with van der Waals surface area (Å²) < 4.78 is 29.5. The highest BCUT2D eigenvalue weighted by molar-refractivity contribution is 5.67. The molecular weight excluding hydrogens is 395 g/mol. The third-order valence-electron chi connectivity index (χ3n) is 5.71. The highest BCUT2D eigenvalue weighted by atomic mass is 19.1. The van der Waals surface area contributed by atoms with E-state index in [2.05, 4.69) is 0 Å². The van der Waals surface area contributed by atoms with E-state index in [0.717, 1.165) is 12.8 Å². The summed E-state index contributed by atoms with van der Waals surface area (Å²) in [5, 5.41) is 29.3. The minimum atomic E-state index is -0.989. The molecule has 0 bridgehead atoms. The fraction of sp³-hybridized carbons (Fsp3) is 0.591. The Bertz CT molecular complexity index is 708. The van der Waals surface area contributed by atoms with Gasteiger partial charge in [0.05, 0.1) is 25.4 Å². The van der Waals surface area contributed by atoms with E-state index >= 15 is 0 Å². The second-order valence-electron chi connectivity index (χ2n) is 7.99. The van der Waals surface area contributed by atoms with Gasteiger partial charge in [0, 0.05) is 18.3 Å². The van der Waals surface area contributed by atoms with Gasteiger partial charge in [-0.25, -0.2) is 9.18 Å². The first-order valence-electron chi connectivity index (χ1n) is 10.3. The highest BCUT2D eigenvalue weighted by Gasteiger charge is 2.43. The first kappa shape index (κ1) is 22.7. The third kappa shape index (κ3) is 6.50. The molecule has 0 aromatic heterocycles. The van der Waals surface area contributed by atoms with E-state index in [9.17, 15) is 19.4 Å². The fourth-order valence-electron chi connectivity index (χ4n) is 4.18. The molecular formula is C22H29FO7. The zero-order chi connectivity index (χ0) is 21.5. The van der Waals surface area contributed by atoms with Crippen molar-refractivity contribution in [3.8, 4) is 5.75 Å². The Morgan fingerprint density at radius 1 is 1.30 bits per heavy atom. The Morgan fingerprint density at radius 3 is 2.80 bits per heavy atom. The van der Waals surface area contributed by atoms with Gasteiger partial charge in [-0.2, -0.15) is 0 Å². The number of rotatable bonds is 9. The molecule has 3 rings (SSSR count). The van der Waals surface area contributed by atoms with Gasteiger partial charge in [0.25, 0.3) is 0 Å². The van der Waals surface area contributed by atoms with Crippen molar-refractivity contribution in [3.05, 3.63) is 42.2 Å². The van der Waals surface area contributed by atoms with Crippen LogP contribution in [0.3, 0.4) is 0 Å². The van der Waals surface area contributed by atoms with Crippen LogP contribution >= 0.6 is 0 Å². The topological polar surface area (TPSA) is 105 Å². The average Bonchev–Trinajstić information content (AvgIpc) is 2.87. The number of aliphatic hydroxyl groups is 2. The number of carboxylic acid groups (broad SMARTS) is 1. The monoisotopic (exact) mass is 424 g/mol. The lowest BCUT2D eigenvalue weighted by Gasteiger charge is -2.21. The maximum Gasteiger partial charge on any atom is 0.329 e. The summed E-state index contributed by atoms with van der Waals surface area (Å²) >= 11 is 0. The van der Waals surface area contributed by atoms with Gasteiger partial charge in [-0.3, -0.25) is 0 Å². The number of aliphatic hydroxyl groups excluding tert-OH is 2. The molecule has 7 nitrogen and oxygen atoms in total. The first-order chi connectivity index (χ1) is 14.4. The minimum Gasteiger partial charge on any atom is -0.491 e. The van der Waals surface area contributed by atoms with Crippen molar-refractivity contribution in [1.29, 1.82) is 0 Å². The van der Waals surface area contributed by atoms with E-state index in [0.29, 0.717) is 25.4 Å². The molecule has 1 aromatic carbocycles. The number of hydrogen-bond acceptors (Lipinski definition) is 6. The second-order valence-corrected chi connectivity index (χ2v) is 7.99. The molecule has 2 fully saturated rings. The van der Waals surface area contributed by atoms with Crippen LogP contribution < -0.4 is 4.74 Å². The van der Waals surface area contributed by atoms with Gasteiger partial charge in [-0.05, 0) is 43.0 Å². The summed E-state index contributed by atoms with van der Waals surface area (Å²) in [4.78, 5) is 10.6. The molecule has 0 spiro atoms. The van der Waals surface area contributed by atoms with Crippen LogP contribution in [-0.2, 0) is 14.3 Å². The van der Waals surface area contributed by atoms with E-state index in [1.807, 2.05) is 6.08 Å². The SMILES string of the molecule is O=C(O)COC[C@H]1CC[C@@H]2[C@@H](C=C[C@@H](O)COc3ccc(F)cc3)[C@H](O)C[C@@H]2OC1. The van der Waals surface area contributed by atoms with Gasteiger partial charge in [-0.1, -0.05) is 12.2 Å². The normalized spacial score (nSPS) is 30.0. The first-order valence-corrected chi connectivity index (χ1v) is 10.3. The Hall–Kier alpha value is -2.00. The molecule has 8 heteroatoms. The van der Waals surface area contributed by atoms with Crippen molar-refractivity contribution in [2.45, 2.75) is 37.6 Å². The molecule has 0 amide bonds. The number of halogens is 1. The Labute approximate surface area is 175 Å². The van der Waals surface area contributed by atoms with Crippen molar-refractivity contribution < 1.29 is 38.7 Å². The van der Waals surface area contributed by atoms with E-state index in [-0.39, 0.29) is 42.9 Å². The zero-order valence-corrected chi connectivity index (χ0v) is 16.7. The summed E-state index contributed by atoms with van der Waals surface area (Å²) in [6.07, 6.45) is 4.19. The Morgan fingerprint density at radius 2 is 2.07 bits per heavy atom. The number of carbonyl (C=O) groups is 1. The van der Waals surface area contributed by atoms with Crippen molar-refractivity contribution in [2.24, 2.45) is 17.8 Å². The van der Waals surface area contributed by atoms with Gasteiger partial charge < -0.3 is 29.5 Å². The summed E-state index contributed by atoms with van der Waals surface area (Å²) in [5.41, 5.74) is 0. The molecule has 1 saturated heterocycles. The number of fused-ring (bicyclic) bond motifs is 1. The standard InChI is InChI=1S/C22H29FO7/c23-15-2-5-17(6-3-15)29-12-16(24)4-8-18-19-7-1-14(10-28-13-22(26)27)11-30-21(19)9-20(18)25/h2-6,8,14,16,18-21,24-25H,1,7,9-13H2,(H,26,27)/t14-,16-,18-,19-,20-,21+/m1/s1. The molecule has 3 N–H and O–H groups in total. The van der Waals surface area contributed by atoms with Crippen molar-refractivity contribution >= 4 is 5.97 Å². The molecule has 166 valence electrons. The molecule has 30 heavy (non-hydrogen) atoms. The maximum atomic E-state index is 12.9. The lowest BCUT2D eigenvalue weighted by atomic mass is 9.87. The van der Waals surface area contributed by atoms with Crippen LogP contribution in [0.2, 0.25) is 0 Å². The summed E-state index contributed by atoms with van der Waals surface area (Å²) in [7, 11) is 0. The molecule has 1 aromatic rings. The molecule has 1 heterocycles. The number of carboxylic acids is 1. The van der Waals surface area contributed by atoms with Crippen LogP contribution in [0.1, 0.15) is 19.3 Å². The summed E-state index contributed by atoms with van der Waals surface area (Å²) in [5.74, 6) is -0.741. The largest absolute Gasteiger partial charge is 0.491 e. The molecule has 1 aliphatic heterocycles. The molecule has 1 aliphatic carbocycles. The van der Waals surface area contributed by atoms with E-state index in [1.54, 1.807) is 6.08 Å². The van der Waals surface area contributed by atoms with Crippen LogP contribution in [0, 0.1) is 23.6 Å². The summed E-state index contributed by atoms with van der Waals surface area (Å²) in [6, 6.07) is 5.57. The average molecular weight is 424 g/mol. The smallest absolute Gasteiger partial charge is 0.329 e. The van der Waals surface area contributed by atoms with Crippen LogP contribution in [0.15, 0.2) is 36.4 Å². The van der Waals surface area contributed by atoms with E-state index < -0.39 is 18.2 Å².